The number of fused-ring (bicyclic) bond motifs is 1. The summed E-state index contributed by atoms with van der Waals surface area (Å²) < 4.78 is 44.7. The molecule has 0 unspecified atom stereocenters. The second kappa shape index (κ2) is 9.00. The van der Waals surface area contributed by atoms with Gasteiger partial charge in [-0.1, -0.05) is 6.07 Å². The Labute approximate surface area is 191 Å². The number of nitro groups is 1. The van der Waals surface area contributed by atoms with E-state index in [0.29, 0.717) is 41.1 Å². The number of alkyl halides is 3. The van der Waals surface area contributed by atoms with Crippen LogP contribution in [0.1, 0.15) is 45.8 Å². The van der Waals surface area contributed by atoms with E-state index >= 15 is 0 Å². The Morgan fingerprint density at radius 1 is 1.12 bits per heavy atom. The Morgan fingerprint density at radius 3 is 2.53 bits per heavy atom. The standard InChI is InChI=1S/C23H19F3N4O4/c1-13-20-18(29-28-15-8-10-17(11-9-15)30(32)33)6-3-7-19(20)34-21(13)22(31)27-16-5-2-4-14(12-16)23(24,25)26/h2,4-5,8-12,28H,3,6-7H2,1H3,(H,27,31)/b29-18+. The van der Waals surface area contributed by atoms with Gasteiger partial charge in [0.05, 0.1) is 21.9 Å². The summed E-state index contributed by atoms with van der Waals surface area (Å²) in [6.07, 6.45) is -2.59. The summed E-state index contributed by atoms with van der Waals surface area (Å²) in [5.74, 6) is -0.0801. The first-order valence-electron chi connectivity index (χ1n) is 10.3. The zero-order chi connectivity index (χ0) is 24.5. The van der Waals surface area contributed by atoms with Crippen molar-refractivity contribution in [3.63, 3.8) is 0 Å². The summed E-state index contributed by atoms with van der Waals surface area (Å²) in [5, 5.41) is 17.7. The summed E-state index contributed by atoms with van der Waals surface area (Å²) in [7, 11) is 0. The Morgan fingerprint density at radius 2 is 1.85 bits per heavy atom. The zero-order valence-corrected chi connectivity index (χ0v) is 17.9. The van der Waals surface area contributed by atoms with E-state index in [4.69, 9.17) is 4.42 Å². The van der Waals surface area contributed by atoms with Gasteiger partial charge in [0, 0.05) is 35.4 Å². The number of benzene rings is 2. The Balaban J connectivity index is 1.56. The maximum atomic E-state index is 13.0. The molecule has 34 heavy (non-hydrogen) atoms. The summed E-state index contributed by atoms with van der Waals surface area (Å²) in [6, 6.07) is 10.1. The lowest BCUT2D eigenvalue weighted by Gasteiger charge is -2.13. The second-order valence-electron chi connectivity index (χ2n) is 7.71. The fraction of sp³-hybridized carbons (Fsp3) is 0.217. The number of nitro benzene ring substituents is 1. The summed E-state index contributed by atoms with van der Waals surface area (Å²) in [5.41, 5.74) is 4.37. The molecule has 0 saturated heterocycles. The maximum absolute atomic E-state index is 13.0. The van der Waals surface area contributed by atoms with E-state index in [-0.39, 0.29) is 17.1 Å². The molecule has 3 aromatic rings. The van der Waals surface area contributed by atoms with E-state index in [0.717, 1.165) is 18.6 Å². The molecule has 0 radical (unpaired) electrons. The topological polar surface area (TPSA) is 110 Å². The van der Waals surface area contributed by atoms with Crippen LogP contribution in [0, 0.1) is 17.0 Å². The van der Waals surface area contributed by atoms with Gasteiger partial charge in [0.15, 0.2) is 5.76 Å². The molecular weight excluding hydrogens is 453 g/mol. The van der Waals surface area contributed by atoms with Crippen molar-refractivity contribution in [2.24, 2.45) is 5.10 Å². The van der Waals surface area contributed by atoms with Gasteiger partial charge in [-0.05, 0) is 50.1 Å². The molecule has 1 aliphatic rings. The quantitative estimate of drug-likeness (QED) is 0.354. The summed E-state index contributed by atoms with van der Waals surface area (Å²) in [6.45, 7) is 1.69. The van der Waals surface area contributed by atoms with Gasteiger partial charge >= 0.3 is 6.18 Å². The molecule has 0 fully saturated rings. The number of hydrazone groups is 1. The third-order valence-corrected chi connectivity index (χ3v) is 5.38. The number of halogens is 3. The van der Waals surface area contributed by atoms with E-state index in [1.807, 2.05) is 0 Å². The highest BCUT2D eigenvalue weighted by molar-refractivity contribution is 6.09. The number of carbonyl (C=O) groups is 1. The first-order chi connectivity index (χ1) is 16.1. The smallest absolute Gasteiger partial charge is 0.416 e. The molecule has 11 heteroatoms. The van der Waals surface area contributed by atoms with Gasteiger partial charge < -0.3 is 9.73 Å². The van der Waals surface area contributed by atoms with Crippen molar-refractivity contribution in [1.82, 2.24) is 0 Å². The molecule has 2 N–H and O–H groups in total. The minimum atomic E-state index is -4.53. The van der Waals surface area contributed by atoms with Crippen LogP contribution in [0.3, 0.4) is 0 Å². The van der Waals surface area contributed by atoms with Crippen molar-refractivity contribution in [2.75, 3.05) is 10.7 Å². The number of non-ortho nitro benzene ring substituents is 1. The Bertz CT molecular complexity index is 1280. The average molecular weight is 472 g/mol. The molecule has 8 nitrogen and oxygen atoms in total. The fourth-order valence-electron chi connectivity index (χ4n) is 3.75. The van der Waals surface area contributed by atoms with Gasteiger partial charge in [-0.3, -0.25) is 20.3 Å². The normalized spacial score (nSPS) is 14.5. The molecular formula is C23H19F3N4O4. The van der Waals surface area contributed by atoms with Crippen LogP contribution in [0.5, 0.6) is 0 Å². The number of nitrogens with zero attached hydrogens (tertiary/aromatic N) is 2. The van der Waals surface area contributed by atoms with Gasteiger partial charge in [0.2, 0.25) is 0 Å². The molecule has 2 aromatic carbocycles. The molecule has 1 aromatic heterocycles. The lowest BCUT2D eigenvalue weighted by Crippen LogP contribution is -2.15. The first-order valence-corrected chi connectivity index (χ1v) is 10.3. The van der Waals surface area contributed by atoms with E-state index in [9.17, 15) is 28.1 Å². The van der Waals surface area contributed by atoms with Crippen LogP contribution in [0.25, 0.3) is 0 Å². The van der Waals surface area contributed by atoms with E-state index in [2.05, 4.69) is 15.8 Å². The predicted octanol–water partition coefficient (Wildman–Crippen LogP) is 5.92. The number of hydrogen-bond donors (Lipinski definition) is 2. The summed E-state index contributed by atoms with van der Waals surface area (Å²) in [4.78, 5) is 23.1. The van der Waals surface area contributed by atoms with Crippen LogP contribution < -0.4 is 10.7 Å². The number of rotatable bonds is 5. The lowest BCUT2D eigenvalue weighted by atomic mass is 9.93. The van der Waals surface area contributed by atoms with Crippen molar-refractivity contribution in [3.05, 3.63) is 86.9 Å². The van der Waals surface area contributed by atoms with Gasteiger partial charge in [-0.15, -0.1) is 0 Å². The van der Waals surface area contributed by atoms with Crippen molar-refractivity contribution >= 4 is 28.7 Å². The predicted molar refractivity (Wildman–Crippen MR) is 119 cm³/mol. The number of furan rings is 1. The number of hydrogen-bond acceptors (Lipinski definition) is 6. The Kier molecular flexibility index (Phi) is 6.10. The highest BCUT2D eigenvalue weighted by Crippen LogP contribution is 2.32. The number of aryl methyl sites for hydroxylation is 1. The highest BCUT2D eigenvalue weighted by atomic mass is 19.4. The Hall–Kier alpha value is -4.15. The van der Waals surface area contributed by atoms with Crippen molar-refractivity contribution in [1.29, 1.82) is 0 Å². The lowest BCUT2D eigenvalue weighted by molar-refractivity contribution is -0.384. The zero-order valence-electron chi connectivity index (χ0n) is 17.9. The fourth-order valence-corrected chi connectivity index (χ4v) is 3.75. The minimum Gasteiger partial charge on any atom is -0.455 e. The molecule has 1 heterocycles. The minimum absolute atomic E-state index is 0.00215. The number of nitrogens with one attached hydrogen (secondary N) is 2. The van der Waals surface area contributed by atoms with Gasteiger partial charge in [0.25, 0.3) is 11.6 Å². The molecule has 0 bridgehead atoms. The largest absolute Gasteiger partial charge is 0.455 e. The molecule has 176 valence electrons. The van der Waals surface area contributed by atoms with Crippen LogP contribution in [-0.4, -0.2) is 16.5 Å². The van der Waals surface area contributed by atoms with Crippen LogP contribution in [0.4, 0.5) is 30.2 Å². The molecule has 0 atom stereocenters. The van der Waals surface area contributed by atoms with Crippen LogP contribution in [-0.2, 0) is 12.6 Å². The van der Waals surface area contributed by atoms with Gasteiger partial charge in [-0.25, -0.2) is 0 Å². The highest BCUT2D eigenvalue weighted by Gasteiger charge is 2.31. The number of carbonyl (C=O) groups excluding carboxylic acids is 1. The van der Waals surface area contributed by atoms with E-state index in [1.165, 1.54) is 36.4 Å². The van der Waals surface area contributed by atoms with Gasteiger partial charge in [0.1, 0.15) is 5.76 Å². The van der Waals surface area contributed by atoms with Crippen molar-refractivity contribution in [2.45, 2.75) is 32.4 Å². The first kappa shape index (κ1) is 23.0. The van der Waals surface area contributed by atoms with Crippen LogP contribution in [0.15, 0.2) is 58.0 Å². The van der Waals surface area contributed by atoms with Gasteiger partial charge in [-0.2, -0.15) is 18.3 Å². The number of amides is 1. The van der Waals surface area contributed by atoms with Crippen molar-refractivity contribution < 1.29 is 27.3 Å². The van der Waals surface area contributed by atoms with Crippen LogP contribution >= 0.6 is 0 Å². The SMILES string of the molecule is Cc1c(C(=O)Nc2cccc(C(F)(F)F)c2)oc2c1/C(=N/Nc1ccc([N+](=O)[O-])cc1)CCC2. The van der Waals surface area contributed by atoms with E-state index < -0.39 is 22.6 Å². The molecule has 4 rings (SSSR count). The molecule has 0 aliphatic heterocycles. The number of anilines is 2. The average Bonchev–Trinajstić information content (AvgIpc) is 3.15. The molecule has 0 spiro atoms. The molecule has 1 amide bonds. The van der Waals surface area contributed by atoms with Crippen LogP contribution in [0.2, 0.25) is 0 Å². The second-order valence-corrected chi connectivity index (χ2v) is 7.71. The maximum Gasteiger partial charge on any atom is 0.416 e. The monoisotopic (exact) mass is 472 g/mol. The molecule has 1 aliphatic carbocycles. The summed E-state index contributed by atoms with van der Waals surface area (Å²) >= 11 is 0. The molecule has 0 saturated carbocycles. The third-order valence-electron chi connectivity index (χ3n) is 5.38. The van der Waals surface area contributed by atoms with E-state index in [1.54, 1.807) is 6.92 Å². The van der Waals surface area contributed by atoms with Crippen molar-refractivity contribution in [3.8, 4) is 0 Å². The third kappa shape index (κ3) is 4.77.